The predicted molar refractivity (Wildman–Crippen MR) is 67.0 cm³/mol. The number of para-hydroxylation sites is 1. The molecule has 1 saturated heterocycles. The summed E-state index contributed by atoms with van der Waals surface area (Å²) in [5.41, 5.74) is 1.35. The maximum atomic E-state index is 5.44. The quantitative estimate of drug-likeness (QED) is 0.844. The molecule has 1 N–H and O–H groups in total. The van der Waals surface area contributed by atoms with Crippen LogP contribution in [0.5, 0.6) is 5.75 Å². The van der Waals surface area contributed by atoms with Crippen LogP contribution in [-0.4, -0.2) is 20.2 Å². The third-order valence-electron chi connectivity index (χ3n) is 3.67. The molecule has 1 aromatic rings. The summed E-state index contributed by atoms with van der Waals surface area (Å²) in [5, 5.41) is 3.48. The first kappa shape index (κ1) is 11.5. The monoisotopic (exact) mass is 219 g/mol. The molecule has 1 aromatic carbocycles. The maximum absolute atomic E-state index is 5.44. The van der Waals surface area contributed by atoms with Gasteiger partial charge in [0.25, 0.3) is 0 Å². The molecule has 88 valence electrons. The average Bonchev–Trinajstić information content (AvgIpc) is 2.39. The fourth-order valence-electron chi connectivity index (χ4n) is 2.60. The second kappa shape index (κ2) is 5.35. The normalized spacial score (nSPS) is 22.8. The van der Waals surface area contributed by atoms with Gasteiger partial charge in [0.1, 0.15) is 5.75 Å². The van der Waals surface area contributed by atoms with E-state index in [1.165, 1.54) is 24.9 Å². The lowest BCUT2D eigenvalue weighted by molar-refractivity contribution is 0.325. The van der Waals surface area contributed by atoms with Gasteiger partial charge in [0.2, 0.25) is 0 Å². The van der Waals surface area contributed by atoms with E-state index in [1.807, 2.05) is 6.07 Å². The minimum absolute atomic E-state index is 0.573. The molecule has 2 nitrogen and oxygen atoms in total. The van der Waals surface area contributed by atoms with Crippen LogP contribution in [0.2, 0.25) is 0 Å². The van der Waals surface area contributed by atoms with Crippen molar-refractivity contribution in [2.45, 2.75) is 25.7 Å². The average molecular weight is 219 g/mol. The van der Waals surface area contributed by atoms with Crippen molar-refractivity contribution in [2.75, 3.05) is 20.2 Å². The Kier molecular flexibility index (Phi) is 3.83. The topological polar surface area (TPSA) is 21.3 Å². The molecule has 0 aliphatic carbocycles. The van der Waals surface area contributed by atoms with E-state index in [2.05, 4.69) is 30.4 Å². The van der Waals surface area contributed by atoms with E-state index in [-0.39, 0.29) is 0 Å². The van der Waals surface area contributed by atoms with Crippen molar-refractivity contribution in [2.24, 2.45) is 5.92 Å². The fraction of sp³-hybridized carbons (Fsp3) is 0.571. The molecule has 0 saturated carbocycles. The highest BCUT2D eigenvalue weighted by atomic mass is 16.5. The van der Waals surface area contributed by atoms with Crippen molar-refractivity contribution in [3.63, 3.8) is 0 Å². The van der Waals surface area contributed by atoms with Gasteiger partial charge >= 0.3 is 0 Å². The zero-order valence-electron chi connectivity index (χ0n) is 10.2. The first-order valence-electron chi connectivity index (χ1n) is 6.16. The number of hydrogen-bond donors (Lipinski definition) is 1. The van der Waals surface area contributed by atoms with Gasteiger partial charge in [0.05, 0.1) is 7.11 Å². The number of nitrogens with one attached hydrogen (secondary N) is 1. The van der Waals surface area contributed by atoms with Crippen LogP contribution in [0.25, 0.3) is 0 Å². The molecule has 2 atom stereocenters. The molecule has 1 aliphatic heterocycles. The minimum atomic E-state index is 0.573. The molecular weight excluding hydrogens is 198 g/mol. The van der Waals surface area contributed by atoms with Crippen LogP contribution >= 0.6 is 0 Å². The Morgan fingerprint density at radius 1 is 1.38 bits per heavy atom. The lowest BCUT2D eigenvalue weighted by Gasteiger charge is -2.29. The lowest BCUT2D eigenvalue weighted by Crippen LogP contribution is -2.32. The van der Waals surface area contributed by atoms with Crippen molar-refractivity contribution in [1.29, 1.82) is 0 Å². The second-order valence-corrected chi connectivity index (χ2v) is 4.64. The summed E-state index contributed by atoms with van der Waals surface area (Å²) in [6, 6.07) is 8.39. The molecule has 2 unspecified atom stereocenters. The van der Waals surface area contributed by atoms with Crippen LogP contribution in [0.4, 0.5) is 0 Å². The molecule has 0 bridgehead atoms. The maximum Gasteiger partial charge on any atom is 0.122 e. The van der Waals surface area contributed by atoms with Crippen molar-refractivity contribution < 1.29 is 4.74 Å². The number of benzene rings is 1. The number of rotatable bonds is 3. The van der Waals surface area contributed by atoms with E-state index >= 15 is 0 Å². The van der Waals surface area contributed by atoms with Gasteiger partial charge in [-0.15, -0.1) is 0 Å². The highest BCUT2D eigenvalue weighted by Gasteiger charge is 2.23. The highest BCUT2D eigenvalue weighted by molar-refractivity contribution is 5.36. The zero-order valence-corrected chi connectivity index (χ0v) is 10.2. The lowest BCUT2D eigenvalue weighted by atomic mass is 9.82. The van der Waals surface area contributed by atoms with Crippen molar-refractivity contribution in [1.82, 2.24) is 5.32 Å². The molecule has 0 aromatic heterocycles. The Bertz CT molecular complexity index is 331. The SMILES string of the molecule is COc1ccccc1C(C)C1CCCNC1. The van der Waals surface area contributed by atoms with E-state index in [0.29, 0.717) is 5.92 Å². The van der Waals surface area contributed by atoms with Crippen LogP contribution < -0.4 is 10.1 Å². The van der Waals surface area contributed by atoms with Crippen molar-refractivity contribution in [3.8, 4) is 5.75 Å². The molecule has 0 amide bonds. The van der Waals surface area contributed by atoms with Crippen LogP contribution in [0.3, 0.4) is 0 Å². The third-order valence-corrected chi connectivity index (χ3v) is 3.67. The van der Waals surface area contributed by atoms with Gasteiger partial charge in [-0.05, 0) is 49.4 Å². The Hall–Kier alpha value is -1.02. The van der Waals surface area contributed by atoms with E-state index in [0.717, 1.165) is 18.2 Å². The first-order valence-corrected chi connectivity index (χ1v) is 6.16. The summed E-state index contributed by atoms with van der Waals surface area (Å²) in [6.07, 6.45) is 2.62. The zero-order chi connectivity index (χ0) is 11.4. The molecular formula is C14H21NO. The molecule has 1 fully saturated rings. The molecule has 1 heterocycles. The summed E-state index contributed by atoms with van der Waals surface area (Å²) in [4.78, 5) is 0. The van der Waals surface area contributed by atoms with Crippen molar-refractivity contribution in [3.05, 3.63) is 29.8 Å². The van der Waals surface area contributed by atoms with Gasteiger partial charge in [0.15, 0.2) is 0 Å². The van der Waals surface area contributed by atoms with Crippen LogP contribution in [0, 0.1) is 5.92 Å². The fourth-order valence-corrected chi connectivity index (χ4v) is 2.60. The Morgan fingerprint density at radius 3 is 2.88 bits per heavy atom. The van der Waals surface area contributed by atoms with E-state index < -0.39 is 0 Å². The number of methoxy groups -OCH3 is 1. The second-order valence-electron chi connectivity index (χ2n) is 4.64. The van der Waals surface area contributed by atoms with Crippen LogP contribution in [0.15, 0.2) is 24.3 Å². The molecule has 0 spiro atoms. The molecule has 2 heteroatoms. The Balaban J connectivity index is 2.15. The van der Waals surface area contributed by atoms with Gasteiger partial charge in [-0.25, -0.2) is 0 Å². The number of hydrogen-bond acceptors (Lipinski definition) is 2. The van der Waals surface area contributed by atoms with Gasteiger partial charge in [-0.3, -0.25) is 0 Å². The Labute approximate surface area is 98.0 Å². The molecule has 1 aliphatic rings. The molecule has 0 radical (unpaired) electrons. The molecule has 16 heavy (non-hydrogen) atoms. The number of piperidine rings is 1. The van der Waals surface area contributed by atoms with Crippen LogP contribution in [0.1, 0.15) is 31.2 Å². The Morgan fingerprint density at radius 2 is 2.19 bits per heavy atom. The van der Waals surface area contributed by atoms with Gasteiger partial charge in [-0.1, -0.05) is 25.1 Å². The molecule has 2 rings (SSSR count). The van der Waals surface area contributed by atoms with Gasteiger partial charge < -0.3 is 10.1 Å². The van der Waals surface area contributed by atoms with Gasteiger partial charge in [0, 0.05) is 0 Å². The van der Waals surface area contributed by atoms with E-state index in [9.17, 15) is 0 Å². The van der Waals surface area contributed by atoms with Gasteiger partial charge in [-0.2, -0.15) is 0 Å². The first-order chi connectivity index (χ1) is 7.83. The minimum Gasteiger partial charge on any atom is -0.496 e. The summed E-state index contributed by atoms with van der Waals surface area (Å²) < 4.78 is 5.44. The van der Waals surface area contributed by atoms with E-state index in [4.69, 9.17) is 4.74 Å². The smallest absolute Gasteiger partial charge is 0.122 e. The summed E-state index contributed by atoms with van der Waals surface area (Å²) in [6.45, 7) is 4.63. The van der Waals surface area contributed by atoms with E-state index in [1.54, 1.807) is 7.11 Å². The summed E-state index contributed by atoms with van der Waals surface area (Å²) >= 11 is 0. The number of ether oxygens (including phenoxy) is 1. The highest BCUT2D eigenvalue weighted by Crippen LogP contribution is 2.34. The van der Waals surface area contributed by atoms with Crippen molar-refractivity contribution >= 4 is 0 Å². The predicted octanol–water partition coefficient (Wildman–Crippen LogP) is 2.80. The van der Waals surface area contributed by atoms with Crippen LogP contribution in [-0.2, 0) is 0 Å². The summed E-state index contributed by atoms with van der Waals surface area (Å²) in [7, 11) is 1.75. The third kappa shape index (κ3) is 2.38. The standard InChI is InChI=1S/C14H21NO/c1-11(12-6-5-9-15-10-12)13-7-3-4-8-14(13)16-2/h3-4,7-8,11-12,15H,5-6,9-10H2,1-2H3. The summed E-state index contributed by atoms with van der Waals surface area (Å²) in [5.74, 6) is 2.34. The largest absolute Gasteiger partial charge is 0.496 e.